The molecule has 11 rings (SSSR count). The lowest BCUT2D eigenvalue weighted by atomic mass is 9.67. The fourth-order valence-electron chi connectivity index (χ4n) is 11.0. The molecular formula is C53H41N. The summed E-state index contributed by atoms with van der Waals surface area (Å²) in [6.07, 6.45) is 9.32. The quantitative estimate of drug-likeness (QED) is 0.178. The molecular weight excluding hydrogens is 651 g/mol. The molecule has 0 aliphatic heterocycles. The van der Waals surface area contributed by atoms with Crippen LogP contribution in [0, 0.1) is 5.92 Å². The first-order valence-corrected chi connectivity index (χ1v) is 19.3. The maximum absolute atomic E-state index is 2.53. The summed E-state index contributed by atoms with van der Waals surface area (Å²) in [6, 6.07) is 61.5. The van der Waals surface area contributed by atoms with Crippen molar-refractivity contribution in [3.8, 4) is 33.4 Å². The summed E-state index contributed by atoms with van der Waals surface area (Å²) in [5.74, 6) is 0.397. The minimum absolute atomic E-state index is 0.0309. The van der Waals surface area contributed by atoms with Crippen LogP contribution in [0.4, 0.5) is 17.1 Å². The fourth-order valence-corrected chi connectivity index (χ4v) is 11.0. The van der Waals surface area contributed by atoms with Crippen molar-refractivity contribution in [3.63, 3.8) is 0 Å². The Morgan fingerprint density at radius 2 is 1.02 bits per heavy atom. The van der Waals surface area contributed by atoms with Crippen LogP contribution in [0.15, 0.2) is 188 Å². The number of allylic oxidation sites excluding steroid dienone is 4. The first-order chi connectivity index (χ1) is 26.4. The van der Waals surface area contributed by atoms with E-state index in [2.05, 4.69) is 214 Å². The summed E-state index contributed by atoms with van der Waals surface area (Å²) < 4.78 is 0. The SMILES string of the molecule is CC1(C)c2cc(N(c3ccc(-c4ccccc4)cc3)c3cccc4c3-c3ccccc3C43c4ccccc4-c4ccccc43)ccc2C2(C)C=CC=CC12. The zero-order valence-corrected chi connectivity index (χ0v) is 30.9. The molecule has 258 valence electrons. The Labute approximate surface area is 318 Å². The third-order valence-corrected chi connectivity index (χ3v) is 13.3. The molecule has 0 bridgehead atoms. The second-order valence-electron chi connectivity index (χ2n) is 16.3. The first-order valence-electron chi connectivity index (χ1n) is 19.3. The second kappa shape index (κ2) is 11.2. The first kappa shape index (κ1) is 31.4. The lowest BCUT2D eigenvalue weighted by molar-refractivity contribution is 0.324. The van der Waals surface area contributed by atoms with E-state index in [0.29, 0.717) is 5.92 Å². The van der Waals surface area contributed by atoms with Crippen molar-refractivity contribution in [2.75, 3.05) is 4.90 Å². The smallest absolute Gasteiger partial charge is 0.0726 e. The molecule has 2 atom stereocenters. The number of hydrogen-bond acceptors (Lipinski definition) is 1. The minimum atomic E-state index is -0.402. The van der Waals surface area contributed by atoms with Crippen LogP contribution < -0.4 is 4.90 Å². The number of anilines is 3. The molecule has 0 radical (unpaired) electrons. The highest BCUT2D eigenvalue weighted by atomic mass is 15.1. The van der Waals surface area contributed by atoms with Gasteiger partial charge in [-0.1, -0.05) is 179 Å². The average molecular weight is 692 g/mol. The van der Waals surface area contributed by atoms with Crippen molar-refractivity contribution in [2.24, 2.45) is 5.92 Å². The van der Waals surface area contributed by atoms with E-state index in [1.54, 1.807) is 0 Å². The maximum Gasteiger partial charge on any atom is 0.0726 e. The molecule has 2 unspecified atom stereocenters. The van der Waals surface area contributed by atoms with Crippen molar-refractivity contribution in [1.29, 1.82) is 0 Å². The van der Waals surface area contributed by atoms with Gasteiger partial charge in [-0.25, -0.2) is 0 Å². The molecule has 1 spiro atoms. The van der Waals surface area contributed by atoms with E-state index >= 15 is 0 Å². The van der Waals surface area contributed by atoms with Crippen molar-refractivity contribution >= 4 is 17.1 Å². The Kier molecular flexibility index (Phi) is 6.48. The van der Waals surface area contributed by atoms with E-state index in [1.165, 1.54) is 78.1 Å². The largest absolute Gasteiger partial charge is 0.310 e. The molecule has 0 amide bonds. The maximum atomic E-state index is 2.53. The molecule has 7 aromatic rings. The predicted octanol–water partition coefficient (Wildman–Crippen LogP) is 13.5. The summed E-state index contributed by atoms with van der Waals surface area (Å²) in [4.78, 5) is 2.53. The third kappa shape index (κ3) is 3.99. The van der Waals surface area contributed by atoms with Gasteiger partial charge in [-0.3, -0.25) is 0 Å². The monoisotopic (exact) mass is 691 g/mol. The van der Waals surface area contributed by atoms with Gasteiger partial charge in [-0.2, -0.15) is 0 Å². The van der Waals surface area contributed by atoms with Crippen molar-refractivity contribution < 1.29 is 0 Å². The van der Waals surface area contributed by atoms with Gasteiger partial charge in [0, 0.05) is 22.4 Å². The second-order valence-corrected chi connectivity index (χ2v) is 16.3. The number of hydrogen-bond donors (Lipinski definition) is 0. The van der Waals surface area contributed by atoms with Crippen LogP contribution in [0.5, 0.6) is 0 Å². The van der Waals surface area contributed by atoms with Crippen LogP contribution in [-0.2, 0) is 16.2 Å². The molecule has 0 heterocycles. The molecule has 0 saturated carbocycles. The van der Waals surface area contributed by atoms with Gasteiger partial charge >= 0.3 is 0 Å². The minimum Gasteiger partial charge on any atom is -0.310 e. The summed E-state index contributed by atoms with van der Waals surface area (Å²) in [5.41, 5.74) is 19.1. The standard InChI is InChI=1S/C53H41N/c1-51(2)47-34-38(31-32-45(47)52(3)33-14-13-26-49(51)52)54(37-29-27-36(28-30-37)35-16-5-4-6-17-35)48-25-15-24-46-50(48)41-20-9-12-23-44(41)53(46)42-21-10-7-18-39(42)40-19-8-11-22-43(40)53/h4-34,49H,1-3H3. The number of benzene rings is 7. The van der Waals surface area contributed by atoms with Crippen LogP contribution in [0.25, 0.3) is 33.4 Å². The zero-order valence-electron chi connectivity index (χ0n) is 30.9. The van der Waals surface area contributed by atoms with E-state index < -0.39 is 5.41 Å². The van der Waals surface area contributed by atoms with E-state index in [4.69, 9.17) is 0 Å². The highest BCUT2D eigenvalue weighted by Crippen LogP contribution is 2.65. The number of fused-ring (bicyclic) bond motifs is 13. The normalized spacial score (nSPS) is 19.8. The zero-order chi connectivity index (χ0) is 36.2. The topological polar surface area (TPSA) is 3.24 Å². The van der Waals surface area contributed by atoms with E-state index in [9.17, 15) is 0 Å². The molecule has 1 nitrogen and oxygen atoms in total. The Morgan fingerprint density at radius 1 is 0.444 bits per heavy atom. The Morgan fingerprint density at radius 3 is 1.72 bits per heavy atom. The van der Waals surface area contributed by atoms with Gasteiger partial charge < -0.3 is 4.90 Å². The van der Waals surface area contributed by atoms with E-state index in [0.717, 1.165) is 5.69 Å². The summed E-state index contributed by atoms with van der Waals surface area (Å²) in [5, 5.41) is 0. The predicted molar refractivity (Wildman–Crippen MR) is 225 cm³/mol. The van der Waals surface area contributed by atoms with Gasteiger partial charge in [0.2, 0.25) is 0 Å². The van der Waals surface area contributed by atoms with Gasteiger partial charge in [0.1, 0.15) is 0 Å². The van der Waals surface area contributed by atoms with Crippen molar-refractivity contribution in [1.82, 2.24) is 0 Å². The summed E-state index contributed by atoms with van der Waals surface area (Å²) in [7, 11) is 0. The van der Waals surface area contributed by atoms with Gasteiger partial charge in [-0.15, -0.1) is 0 Å². The fraction of sp³-hybridized carbons (Fsp3) is 0.132. The molecule has 54 heavy (non-hydrogen) atoms. The Bertz CT molecular complexity index is 2660. The van der Waals surface area contributed by atoms with Gasteiger partial charge in [0.25, 0.3) is 0 Å². The van der Waals surface area contributed by atoms with Crippen LogP contribution in [0.3, 0.4) is 0 Å². The highest BCUT2D eigenvalue weighted by Gasteiger charge is 2.53. The highest BCUT2D eigenvalue weighted by molar-refractivity contribution is 6.01. The molecule has 7 aromatic carbocycles. The van der Waals surface area contributed by atoms with E-state index in [-0.39, 0.29) is 10.8 Å². The average Bonchev–Trinajstić information content (AvgIpc) is 3.76. The molecule has 0 N–H and O–H groups in total. The molecule has 4 aliphatic rings. The Balaban J connectivity index is 1.18. The van der Waals surface area contributed by atoms with Gasteiger partial charge in [0.05, 0.1) is 11.1 Å². The molecule has 0 aromatic heterocycles. The molecule has 0 fully saturated rings. The number of nitrogens with zero attached hydrogens (tertiary/aromatic N) is 1. The molecule has 0 saturated heterocycles. The lowest BCUT2D eigenvalue weighted by Crippen LogP contribution is -2.33. The Hall–Kier alpha value is -6.18. The molecule has 1 heteroatoms. The van der Waals surface area contributed by atoms with Crippen LogP contribution in [-0.4, -0.2) is 0 Å². The summed E-state index contributed by atoms with van der Waals surface area (Å²) in [6.45, 7) is 7.29. The number of rotatable bonds is 4. The lowest BCUT2D eigenvalue weighted by Gasteiger charge is -2.36. The molecule has 4 aliphatic carbocycles. The van der Waals surface area contributed by atoms with E-state index in [1.807, 2.05) is 0 Å². The van der Waals surface area contributed by atoms with Crippen LogP contribution in [0.2, 0.25) is 0 Å². The van der Waals surface area contributed by atoms with Gasteiger partial charge in [-0.05, 0) is 103 Å². The van der Waals surface area contributed by atoms with Crippen LogP contribution in [0.1, 0.15) is 54.2 Å². The van der Waals surface area contributed by atoms with Crippen molar-refractivity contribution in [2.45, 2.75) is 37.0 Å². The van der Waals surface area contributed by atoms with Crippen LogP contribution >= 0.6 is 0 Å². The summed E-state index contributed by atoms with van der Waals surface area (Å²) >= 11 is 0. The third-order valence-electron chi connectivity index (χ3n) is 13.3. The van der Waals surface area contributed by atoms with Gasteiger partial charge in [0.15, 0.2) is 0 Å². The van der Waals surface area contributed by atoms with Crippen molar-refractivity contribution in [3.05, 3.63) is 221 Å².